The quantitative estimate of drug-likeness (QED) is 0.788. The zero-order valence-electron chi connectivity index (χ0n) is 10.2. The topological polar surface area (TPSA) is 45.8 Å². The lowest BCUT2D eigenvalue weighted by molar-refractivity contribution is 0.231. The lowest BCUT2D eigenvalue weighted by Crippen LogP contribution is -2.28. The number of fused-ring (bicyclic) bond motifs is 1. The van der Waals surface area contributed by atoms with Crippen molar-refractivity contribution in [2.75, 3.05) is 6.54 Å². The first-order valence-electron chi connectivity index (χ1n) is 6.02. The van der Waals surface area contributed by atoms with E-state index in [1.54, 1.807) is 18.4 Å². The predicted molar refractivity (Wildman–Crippen MR) is 71.6 cm³/mol. The van der Waals surface area contributed by atoms with Crippen LogP contribution in [0.5, 0.6) is 0 Å². The van der Waals surface area contributed by atoms with E-state index in [4.69, 9.17) is 4.42 Å². The molecule has 0 saturated heterocycles. The molecule has 3 rings (SSSR count). The summed E-state index contributed by atoms with van der Waals surface area (Å²) >= 11 is 0. The van der Waals surface area contributed by atoms with Gasteiger partial charge in [0.15, 0.2) is 0 Å². The van der Waals surface area contributed by atoms with E-state index in [-0.39, 0.29) is 6.04 Å². The Labute approximate surface area is 110 Å². The summed E-state index contributed by atoms with van der Waals surface area (Å²) in [6.45, 7) is 0.402. The van der Waals surface area contributed by atoms with Crippen molar-refractivity contribution >= 4 is 12.2 Å². The third-order valence-electron chi connectivity index (χ3n) is 3.11. The van der Waals surface area contributed by atoms with Gasteiger partial charge in [-0.1, -0.05) is 24.3 Å². The van der Waals surface area contributed by atoms with Gasteiger partial charge in [0.1, 0.15) is 17.7 Å². The molecule has 94 valence electrons. The molecular formula is C15H12N2O2. The zero-order valence-corrected chi connectivity index (χ0v) is 10.2. The first-order valence-corrected chi connectivity index (χ1v) is 6.02. The smallest absolute Gasteiger partial charge is 0.132 e. The van der Waals surface area contributed by atoms with Crippen molar-refractivity contribution in [1.29, 1.82) is 0 Å². The molecule has 0 fully saturated rings. The van der Waals surface area contributed by atoms with E-state index in [1.165, 1.54) is 6.08 Å². The standard InChI is InChI=1S/C15H12N2O2/c18-9-4-8-17-15(14-7-3-10-19-14)13-6-2-1-5-12(13)11-16-17/h1-7,10-11,15H,8H2/t15-/m0/s1. The minimum atomic E-state index is -0.110. The van der Waals surface area contributed by atoms with E-state index in [0.717, 1.165) is 16.9 Å². The molecule has 1 atom stereocenters. The van der Waals surface area contributed by atoms with Crippen LogP contribution in [0, 0.1) is 0 Å². The Morgan fingerprint density at radius 3 is 3.00 bits per heavy atom. The third-order valence-corrected chi connectivity index (χ3v) is 3.11. The minimum absolute atomic E-state index is 0.110. The van der Waals surface area contributed by atoms with Gasteiger partial charge < -0.3 is 4.42 Å². The van der Waals surface area contributed by atoms with E-state index >= 15 is 0 Å². The fourth-order valence-corrected chi connectivity index (χ4v) is 2.27. The highest BCUT2D eigenvalue weighted by Gasteiger charge is 2.27. The summed E-state index contributed by atoms with van der Waals surface area (Å²) in [5.74, 6) is 2.59. The van der Waals surface area contributed by atoms with Crippen LogP contribution in [0.4, 0.5) is 0 Å². The van der Waals surface area contributed by atoms with Gasteiger partial charge in [-0.15, -0.1) is 0 Å². The number of furan rings is 1. The number of hydrazone groups is 1. The minimum Gasteiger partial charge on any atom is -0.467 e. The molecule has 0 radical (unpaired) electrons. The summed E-state index contributed by atoms with van der Waals surface area (Å²) < 4.78 is 5.51. The molecule has 4 nitrogen and oxygen atoms in total. The molecule has 19 heavy (non-hydrogen) atoms. The molecule has 1 aromatic carbocycles. The Bertz CT molecular complexity index is 640. The van der Waals surface area contributed by atoms with Crippen LogP contribution in [-0.4, -0.2) is 23.7 Å². The molecule has 1 aromatic heterocycles. The maximum Gasteiger partial charge on any atom is 0.132 e. The molecule has 1 aliphatic heterocycles. The molecule has 2 heterocycles. The van der Waals surface area contributed by atoms with E-state index in [0.29, 0.717) is 6.54 Å². The molecule has 0 unspecified atom stereocenters. The second-order valence-electron chi connectivity index (χ2n) is 4.24. The fraction of sp³-hybridized carbons (Fsp3) is 0.133. The summed E-state index contributed by atoms with van der Waals surface area (Å²) in [6.07, 6.45) is 4.86. The lowest BCUT2D eigenvalue weighted by atomic mass is 9.97. The first-order chi connectivity index (χ1) is 9.40. The Balaban J connectivity index is 2.07. The molecule has 0 N–H and O–H groups in total. The van der Waals surface area contributed by atoms with Gasteiger partial charge in [0.2, 0.25) is 0 Å². The SMILES string of the molecule is O=C=CCN1N=Cc2ccccc2[C@H]1c1ccco1. The van der Waals surface area contributed by atoms with Crippen LogP contribution in [0.1, 0.15) is 22.9 Å². The fourth-order valence-electron chi connectivity index (χ4n) is 2.27. The molecule has 0 amide bonds. The van der Waals surface area contributed by atoms with E-state index in [1.807, 2.05) is 41.4 Å². The molecule has 4 heteroatoms. The highest BCUT2D eigenvalue weighted by Crippen LogP contribution is 2.33. The van der Waals surface area contributed by atoms with E-state index in [9.17, 15) is 4.79 Å². The van der Waals surface area contributed by atoms with E-state index in [2.05, 4.69) is 5.10 Å². The number of nitrogens with zero attached hydrogens (tertiary/aromatic N) is 2. The zero-order chi connectivity index (χ0) is 13.1. The van der Waals surface area contributed by atoms with Crippen LogP contribution in [0.15, 0.2) is 58.3 Å². The van der Waals surface area contributed by atoms with Crippen molar-refractivity contribution in [3.63, 3.8) is 0 Å². The molecule has 0 aliphatic carbocycles. The summed E-state index contributed by atoms with van der Waals surface area (Å²) in [5.41, 5.74) is 2.18. The number of carbonyl (C=O) groups excluding carboxylic acids is 1. The van der Waals surface area contributed by atoms with Crippen LogP contribution in [0.2, 0.25) is 0 Å². The number of rotatable bonds is 3. The molecule has 0 spiro atoms. The van der Waals surface area contributed by atoms with Gasteiger partial charge in [0.05, 0.1) is 19.0 Å². The maximum atomic E-state index is 10.4. The van der Waals surface area contributed by atoms with Crippen LogP contribution in [-0.2, 0) is 4.79 Å². The molecule has 0 saturated carbocycles. The normalized spacial score (nSPS) is 16.8. The first kappa shape index (κ1) is 11.5. The predicted octanol–water partition coefficient (Wildman–Crippen LogP) is 2.41. The van der Waals surface area contributed by atoms with Crippen molar-refractivity contribution in [2.45, 2.75) is 6.04 Å². The van der Waals surface area contributed by atoms with Gasteiger partial charge >= 0.3 is 0 Å². The summed E-state index contributed by atoms with van der Waals surface area (Å²) in [6, 6.07) is 11.7. The number of benzene rings is 1. The molecular weight excluding hydrogens is 240 g/mol. The molecule has 2 aromatic rings. The van der Waals surface area contributed by atoms with Crippen molar-refractivity contribution in [3.8, 4) is 0 Å². The largest absolute Gasteiger partial charge is 0.467 e. The van der Waals surface area contributed by atoms with Gasteiger partial charge in [-0.3, -0.25) is 5.01 Å². The monoisotopic (exact) mass is 252 g/mol. The average molecular weight is 252 g/mol. The Kier molecular flexibility index (Phi) is 3.01. The van der Waals surface area contributed by atoms with Crippen LogP contribution < -0.4 is 0 Å². The lowest BCUT2D eigenvalue weighted by Gasteiger charge is -2.31. The van der Waals surface area contributed by atoms with Crippen LogP contribution >= 0.6 is 0 Å². The highest BCUT2D eigenvalue weighted by atomic mass is 16.3. The second kappa shape index (κ2) is 4.96. The number of hydrogen-bond donors (Lipinski definition) is 0. The Morgan fingerprint density at radius 2 is 2.21 bits per heavy atom. The van der Waals surface area contributed by atoms with Crippen molar-refractivity contribution in [2.24, 2.45) is 5.10 Å². The molecule has 1 aliphatic rings. The highest BCUT2D eigenvalue weighted by molar-refractivity contribution is 5.83. The second-order valence-corrected chi connectivity index (χ2v) is 4.24. The van der Waals surface area contributed by atoms with Crippen molar-refractivity contribution < 1.29 is 9.21 Å². The third kappa shape index (κ3) is 2.09. The summed E-state index contributed by atoms with van der Waals surface area (Å²) in [7, 11) is 0. The summed E-state index contributed by atoms with van der Waals surface area (Å²) in [4.78, 5) is 10.4. The van der Waals surface area contributed by atoms with Gasteiger partial charge in [-0.25, -0.2) is 4.79 Å². The van der Waals surface area contributed by atoms with Crippen molar-refractivity contribution in [3.05, 3.63) is 65.6 Å². The number of hydrogen-bond acceptors (Lipinski definition) is 4. The van der Waals surface area contributed by atoms with Gasteiger partial charge in [0.25, 0.3) is 0 Å². The van der Waals surface area contributed by atoms with Crippen LogP contribution in [0.3, 0.4) is 0 Å². The van der Waals surface area contributed by atoms with Gasteiger partial charge in [-0.2, -0.15) is 5.10 Å². The average Bonchev–Trinajstić information content (AvgIpc) is 2.98. The van der Waals surface area contributed by atoms with Gasteiger partial charge in [-0.05, 0) is 17.7 Å². The Morgan fingerprint density at radius 1 is 1.32 bits per heavy atom. The molecule has 0 bridgehead atoms. The van der Waals surface area contributed by atoms with E-state index < -0.39 is 0 Å². The Hall–Kier alpha value is -2.58. The van der Waals surface area contributed by atoms with Crippen molar-refractivity contribution in [1.82, 2.24) is 5.01 Å². The van der Waals surface area contributed by atoms with Crippen LogP contribution in [0.25, 0.3) is 0 Å². The van der Waals surface area contributed by atoms with Gasteiger partial charge in [0, 0.05) is 11.6 Å². The maximum absolute atomic E-state index is 10.4. The summed E-state index contributed by atoms with van der Waals surface area (Å²) in [5, 5.41) is 6.20.